The van der Waals surface area contributed by atoms with Gasteiger partial charge in [-0.05, 0) is 53.3 Å². The van der Waals surface area contributed by atoms with Crippen LogP contribution in [0.5, 0.6) is 0 Å². The molecule has 0 aliphatic heterocycles. The van der Waals surface area contributed by atoms with Crippen LogP contribution < -0.4 is 0 Å². The van der Waals surface area contributed by atoms with Crippen LogP contribution in [0.15, 0.2) is 84.9 Å². The van der Waals surface area contributed by atoms with Crippen LogP contribution in [0.4, 0.5) is 0 Å². The van der Waals surface area contributed by atoms with E-state index in [1.54, 1.807) is 0 Å². The second-order valence-electron chi connectivity index (χ2n) is 7.05. The summed E-state index contributed by atoms with van der Waals surface area (Å²) in [6.45, 7) is 4.07. The number of fused-ring (bicyclic) bond motifs is 1. The molecule has 132 valence electrons. The van der Waals surface area contributed by atoms with Crippen LogP contribution in [0, 0.1) is 13.8 Å². The monoisotopic (exact) mass is 350 g/mol. The molecule has 1 heteroatoms. The molecule has 1 nitrogen and oxygen atoms in total. The minimum absolute atomic E-state index is 0.104. The first kappa shape index (κ1) is 17.2. The smallest absolute Gasteiger partial charge is 0.193 e. The van der Waals surface area contributed by atoms with E-state index in [1.807, 2.05) is 50.2 Å². The van der Waals surface area contributed by atoms with Crippen LogP contribution in [0.25, 0.3) is 10.8 Å². The van der Waals surface area contributed by atoms with Gasteiger partial charge >= 0.3 is 0 Å². The zero-order chi connectivity index (χ0) is 18.8. The summed E-state index contributed by atoms with van der Waals surface area (Å²) in [5, 5.41) is 2.47. The fourth-order valence-electron chi connectivity index (χ4n) is 3.69. The Balaban J connectivity index is 1.78. The highest BCUT2D eigenvalue weighted by Gasteiger charge is 2.16. The van der Waals surface area contributed by atoms with Crippen molar-refractivity contribution in [3.63, 3.8) is 0 Å². The summed E-state index contributed by atoms with van der Waals surface area (Å²) >= 11 is 0. The van der Waals surface area contributed by atoms with Gasteiger partial charge in [0, 0.05) is 11.1 Å². The Kier molecular flexibility index (Phi) is 4.60. The van der Waals surface area contributed by atoms with E-state index in [-0.39, 0.29) is 5.78 Å². The molecule has 0 heterocycles. The Hall–Kier alpha value is -3.19. The molecule has 0 bridgehead atoms. The number of hydrogen-bond acceptors (Lipinski definition) is 1. The summed E-state index contributed by atoms with van der Waals surface area (Å²) < 4.78 is 0. The molecule has 4 aromatic rings. The number of carbonyl (C=O) groups excluding carboxylic acids is 1. The summed E-state index contributed by atoms with van der Waals surface area (Å²) in [6, 6.07) is 28.7. The first-order chi connectivity index (χ1) is 13.1. The first-order valence-corrected chi connectivity index (χ1v) is 9.30. The maximum Gasteiger partial charge on any atom is 0.193 e. The lowest BCUT2D eigenvalue weighted by atomic mass is 9.90. The van der Waals surface area contributed by atoms with Crippen molar-refractivity contribution in [3.8, 4) is 0 Å². The molecule has 0 atom stereocenters. The van der Waals surface area contributed by atoms with Crippen molar-refractivity contribution >= 4 is 16.6 Å². The molecule has 0 unspecified atom stereocenters. The molecule has 4 rings (SSSR count). The van der Waals surface area contributed by atoms with Crippen molar-refractivity contribution in [1.82, 2.24) is 0 Å². The zero-order valence-electron chi connectivity index (χ0n) is 15.7. The average Bonchev–Trinajstić information content (AvgIpc) is 2.70. The molecule has 0 fully saturated rings. The first-order valence-electron chi connectivity index (χ1n) is 9.30. The van der Waals surface area contributed by atoms with Crippen molar-refractivity contribution in [2.45, 2.75) is 20.3 Å². The van der Waals surface area contributed by atoms with Crippen molar-refractivity contribution in [1.29, 1.82) is 0 Å². The Labute approximate surface area is 160 Å². The van der Waals surface area contributed by atoms with Gasteiger partial charge in [-0.2, -0.15) is 0 Å². The van der Waals surface area contributed by atoms with Crippen molar-refractivity contribution in [3.05, 3.63) is 118 Å². The fourth-order valence-corrected chi connectivity index (χ4v) is 3.69. The van der Waals surface area contributed by atoms with E-state index < -0.39 is 0 Å². The lowest BCUT2D eigenvalue weighted by molar-refractivity contribution is 0.103. The number of carbonyl (C=O) groups is 1. The van der Waals surface area contributed by atoms with Gasteiger partial charge in [-0.15, -0.1) is 0 Å². The third-order valence-corrected chi connectivity index (χ3v) is 5.37. The van der Waals surface area contributed by atoms with Gasteiger partial charge < -0.3 is 0 Å². The van der Waals surface area contributed by atoms with Crippen LogP contribution in [-0.2, 0) is 6.42 Å². The number of aryl methyl sites for hydroxylation is 1. The molecule has 0 saturated heterocycles. The summed E-state index contributed by atoms with van der Waals surface area (Å²) in [6.07, 6.45) is 0.744. The normalized spacial score (nSPS) is 10.9. The van der Waals surface area contributed by atoms with E-state index in [1.165, 1.54) is 16.3 Å². The fraction of sp³-hybridized carbons (Fsp3) is 0.115. The van der Waals surface area contributed by atoms with Gasteiger partial charge in [-0.1, -0.05) is 84.9 Å². The number of rotatable bonds is 4. The SMILES string of the molecule is Cc1cccc(C(=O)c2ccccc2Cc2cccc3ccccc23)c1C. The molecule has 4 aromatic carbocycles. The van der Waals surface area contributed by atoms with Gasteiger partial charge in [0.2, 0.25) is 0 Å². The highest BCUT2D eigenvalue weighted by atomic mass is 16.1. The van der Waals surface area contributed by atoms with E-state index in [2.05, 4.69) is 48.5 Å². The summed E-state index contributed by atoms with van der Waals surface area (Å²) in [5.41, 5.74) is 6.10. The highest BCUT2D eigenvalue weighted by molar-refractivity contribution is 6.11. The third-order valence-electron chi connectivity index (χ3n) is 5.37. The van der Waals surface area contributed by atoms with E-state index in [9.17, 15) is 4.79 Å². The third kappa shape index (κ3) is 3.29. The Bertz CT molecular complexity index is 1130. The van der Waals surface area contributed by atoms with Gasteiger partial charge in [0.1, 0.15) is 0 Å². The summed E-state index contributed by atoms with van der Waals surface area (Å²) in [7, 11) is 0. The second kappa shape index (κ2) is 7.20. The summed E-state index contributed by atoms with van der Waals surface area (Å²) in [4.78, 5) is 13.3. The second-order valence-corrected chi connectivity index (χ2v) is 7.05. The molecule has 27 heavy (non-hydrogen) atoms. The van der Waals surface area contributed by atoms with Crippen LogP contribution >= 0.6 is 0 Å². The molecule has 0 spiro atoms. The topological polar surface area (TPSA) is 17.1 Å². The van der Waals surface area contributed by atoms with E-state index in [0.717, 1.165) is 34.2 Å². The van der Waals surface area contributed by atoms with Crippen LogP contribution in [0.2, 0.25) is 0 Å². The van der Waals surface area contributed by atoms with Crippen molar-refractivity contribution in [2.24, 2.45) is 0 Å². The number of benzene rings is 4. The maximum atomic E-state index is 13.3. The molecule has 0 aromatic heterocycles. The minimum Gasteiger partial charge on any atom is -0.289 e. The Morgan fingerprint density at radius 1 is 0.667 bits per heavy atom. The van der Waals surface area contributed by atoms with E-state index >= 15 is 0 Å². The molecule has 0 aliphatic carbocycles. The van der Waals surface area contributed by atoms with Crippen molar-refractivity contribution < 1.29 is 4.79 Å². The molecule has 0 radical (unpaired) electrons. The lowest BCUT2D eigenvalue weighted by Crippen LogP contribution is -2.08. The predicted molar refractivity (Wildman–Crippen MR) is 113 cm³/mol. The van der Waals surface area contributed by atoms with Gasteiger partial charge in [0.25, 0.3) is 0 Å². The Morgan fingerprint density at radius 3 is 2.19 bits per heavy atom. The van der Waals surface area contributed by atoms with Crippen LogP contribution in [0.1, 0.15) is 38.2 Å². The van der Waals surface area contributed by atoms with Gasteiger partial charge in [0.05, 0.1) is 0 Å². The quantitative estimate of drug-likeness (QED) is 0.396. The molecule has 0 N–H and O–H groups in total. The average molecular weight is 350 g/mol. The Morgan fingerprint density at radius 2 is 1.30 bits per heavy atom. The minimum atomic E-state index is 0.104. The molecular formula is C26H22O. The largest absolute Gasteiger partial charge is 0.289 e. The molecule has 0 saturated carbocycles. The number of ketones is 1. The van der Waals surface area contributed by atoms with E-state index in [0.29, 0.717) is 0 Å². The van der Waals surface area contributed by atoms with Gasteiger partial charge in [0.15, 0.2) is 5.78 Å². The maximum absolute atomic E-state index is 13.3. The summed E-state index contributed by atoms with van der Waals surface area (Å²) in [5.74, 6) is 0.104. The zero-order valence-corrected chi connectivity index (χ0v) is 15.7. The lowest BCUT2D eigenvalue weighted by Gasteiger charge is -2.13. The molecule has 0 amide bonds. The standard InChI is InChI=1S/C26H22O/c1-18-9-7-16-23(19(18)2)26(27)25-15-6-4-11-22(25)17-21-13-8-12-20-10-3-5-14-24(20)21/h3-16H,17H2,1-2H3. The molecular weight excluding hydrogens is 328 g/mol. The molecule has 0 aliphatic rings. The number of hydrogen-bond donors (Lipinski definition) is 0. The van der Waals surface area contributed by atoms with Crippen molar-refractivity contribution in [2.75, 3.05) is 0 Å². The van der Waals surface area contributed by atoms with Gasteiger partial charge in [-0.25, -0.2) is 0 Å². The van der Waals surface area contributed by atoms with Gasteiger partial charge in [-0.3, -0.25) is 4.79 Å². The highest BCUT2D eigenvalue weighted by Crippen LogP contribution is 2.25. The van der Waals surface area contributed by atoms with Crippen LogP contribution in [-0.4, -0.2) is 5.78 Å². The van der Waals surface area contributed by atoms with E-state index in [4.69, 9.17) is 0 Å². The predicted octanol–water partition coefficient (Wildman–Crippen LogP) is 6.28. The van der Waals surface area contributed by atoms with Crippen LogP contribution in [0.3, 0.4) is 0 Å².